The van der Waals surface area contributed by atoms with Crippen LogP contribution < -0.4 is 5.73 Å². The minimum absolute atomic E-state index is 0.319. The Bertz CT molecular complexity index is 378. The number of methoxy groups -OCH3 is 1. The molecule has 0 aliphatic carbocycles. The van der Waals surface area contributed by atoms with Gasteiger partial charge in [0.15, 0.2) is 0 Å². The SMILES string of the molecule is CCCc1c(C(N)=S)nnn1CC(C)COC. The van der Waals surface area contributed by atoms with Gasteiger partial charge in [-0.05, 0) is 12.3 Å². The first-order valence-electron chi connectivity index (χ1n) is 5.81. The summed E-state index contributed by atoms with van der Waals surface area (Å²) in [4.78, 5) is 0.319. The van der Waals surface area contributed by atoms with Crippen molar-refractivity contribution in [1.29, 1.82) is 0 Å². The highest BCUT2D eigenvalue weighted by Crippen LogP contribution is 2.11. The first kappa shape index (κ1) is 14.1. The minimum Gasteiger partial charge on any atom is -0.388 e. The van der Waals surface area contributed by atoms with Gasteiger partial charge in [0.1, 0.15) is 10.7 Å². The van der Waals surface area contributed by atoms with Crippen molar-refractivity contribution in [3.63, 3.8) is 0 Å². The monoisotopic (exact) mass is 256 g/mol. The summed E-state index contributed by atoms with van der Waals surface area (Å²) >= 11 is 4.98. The predicted molar refractivity (Wildman–Crippen MR) is 70.9 cm³/mol. The minimum atomic E-state index is 0.319. The number of nitrogens with two attached hydrogens (primary N) is 1. The van der Waals surface area contributed by atoms with Crippen LogP contribution in [0.2, 0.25) is 0 Å². The molecule has 0 aliphatic rings. The molecule has 1 aromatic rings. The molecule has 0 radical (unpaired) electrons. The summed E-state index contributed by atoms with van der Waals surface area (Å²) in [7, 11) is 1.70. The smallest absolute Gasteiger partial charge is 0.143 e. The van der Waals surface area contributed by atoms with Crippen molar-refractivity contribution in [2.24, 2.45) is 11.7 Å². The zero-order valence-electron chi connectivity index (χ0n) is 10.6. The van der Waals surface area contributed by atoms with E-state index in [-0.39, 0.29) is 0 Å². The van der Waals surface area contributed by atoms with Crippen molar-refractivity contribution in [2.45, 2.75) is 33.2 Å². The number of hydrogen-bond donors (Lipinski definition) is 1. The van der Waals surface area contributed by atoms with Gasteiger partial charge in [-0.1, -0.05) is 37.7 Å². The average molecular weight is 256 g/mol. The van der Waals surface area contributed by atoms with Gasteiger partial charge < -0.3 is 10.5 Å². The zero-order valence-corrected chi connectivity index (χ0v) is 11.5. The Morgan fingerprint density at radius 2 is 2.29 bits per heavy atom. The third-order valence-electron chi connectivity index (χ3n) is 2.49. The van der Waals surface area contributed by atoms with Crippen LogP contribution in [0.1, 0.15) is 31.7 Å². The van der Waals surface area contributed by atoms with Gasteiger partial charge in [-0.2, -0.15) is 0 Å². The van der Waals surface area contributed by atoms with Crippen LogP contribution in [0, 0.1) is 5.92 Å². The average Bonchev–Trinajstić information content (AvgIpc) is 2.63. The molecule has 0 aromatic carbocycles. The standard InChI is InChI=1S/C11H20N4OS/c1-4-5-9-10(11(12)17)13-14-15(9)6-8(2)7-16-3/h8H,4-7H2,1-3H3,(H2,12,17). The topological polar surface area (TPSA) is 66.0 Å². The molecule has 17 heavy (non-hydrogen) atoms. The van der Waals surface area contributed by atoms with Gasteiger partial charge >= 0.3 is 0 Å². The number of nitrogens with zero attached hydrogens (tertiary/aromatic N) is 3. The first-order chi connectivity index (χ1) is 8.10. The molecule has 0 saturated heterocycles. The van der Waals surface area contributed by atoms with E-state index in [1.165, 1.54) is 0 Å². The largest absolute Gasteiger partial charge is 0.388 e. The fraction of sp³-hybridized carbons (Fsp3) is 0.727. The summed E-state index contributed by atoms with van der Waals surface area (Å²) in [6.07, 6.45) is 1.90. The molecule has 5 nitrogen and oxygen atoms in total. The third-order valence-corrected chi connectivity index (χ3v) is 2.69. The molecule has 1 heterocycles. The molecule has 1 atom stereocenters. The Hall–Kier alpha value is -1.01. The van der Waals surface area contributed by atoms with E-state index in [4.69, 9.17) is 22.7 Å². The summed E-state index contributed by atoms with van der Waals surface area (Å²) in [5.74, 6) is 0.386. The summed E-state index contributed by atoms with van der Waals surface area (Å²) in [5, 5.41) is 8.18. The Kier molecular flexibility index (Phi) is 5.50. The number of hydrogen-bond acceptors (Lipinski definition) is 4. The van der Waals surface area contributed by atoms with Gasteiger partial charge in [-0.3, -0.25) is 0 Å². The lowest BCUT2D eigenvalue weighted by Gasteiger charge is -2.12. The molecule has 0 saturated carbocycles. The van der Waals surface area contributed by atoms with Crippen LogP contribution in [0.25, 0.3) is 0 Å². The highest BCUT2D eigenvalue weighted by atomic mass is 32.1. The molecular formula is C11H20N4OS. The van der Waals surface area contributed by atoms with Gasteiger partial charge in [0.2, 0.25) is 0 Å². The maximum Gasteiger partial charge on any atom is 0.143 e. The Balaban J connectivity index is 2.87. The molecule has 6 heteroatoms. The van der Waals surface area contributed by atoms with Crippen LogP contribution in [0.3, 0.4) is 0 Å². The van der Waals surface area contributed by atoms with Crippen LogP contribution in [-0.4, -0.2) is 33.7 Å². The Morgan fingerprint density at radius 1 is 1.59 bits per heavy atom. The van der Waals surface area contributed by atoms with Gasteiger partial charge in [0, 0.05) is 13.7 Å². The first-order valence-corrected chi connectivity index (χ1v) is 6.22. The molecule has 0 amide bonds. The van der Waals surface area contributed by atoms with Crippen molar-refractivity contribution >= 4 is 17.2 Å². The lowest BCUT2D eigenvalue weighted by Crippen LogP contribution is -2.18. The van der Waals surface area contributed by atoms with Crippen molar-refractivity contribution < 1.29 is 4.74 Å². The lowest BCUT2D eigenvalue weighted by molar-refractivity contribution is 0.148. The van der Waals surface area contributed by atoms with Crippen molar-refractivity contribution in [1.82, 2.24) is 15.0 Å². The molecule has 1 rings (SSSR count). The van der Waals surface area contributed by atoms with E-state index in [2.05, 4.69) is 24.2 Å². The number of aromatic nitrogens is 3. The summed E-state index contributed by atoms with van der Waals surface area (Å²) in [6, 6.07) is 0. The number of thiocarbonyl (C=S) groups is 1. The molecule has 1 unspecified atom stereocenters. The predicted octanol–water partition coefficient (Wildman–Crippen LogP) is 1.15. The summed E-state index contributed by atoms with van der Waals surface area (Å²) in [6.45, 7) is 5.70. The maximum absolute atomic E-state index is 5.64. The molecule has 96 valence electrons. The van der Waals surface area contributed by atoms with Crippen LogP contribution >= 0.6 is 12.2 Å². The molecule has 0 bridgehead atoms. The molecule has 2 N–H and O–H groups in total. The van der Waals surface area contributed by atoms with Crippen LogP contribution in [-0.2, 0) is 17.7 Å². The van der Waals surface area contributed by atoms with Gasteiger partial charge in [0.25, 0.3) is 0 Å². The van der Waals surface area contributed by atoms with Gasteiger partial charge in [-0.25, -0.2) is 4.68 Å². The van der Waals surface area contributed by atoms with E-state index >= 15 is 0 Å². The zero-order chi connectivity index (χ0) is 12.8. The van der Waals surface area contributed by atoms with E-state index in [1.54, 1.807) is 7.11 Å². The number of rotatable bonds is 7. The second-order valence-corrected chi connectivity index (χ2v) is 4.68. The highest BCUT2D eigenvalue weighted by molar-refractivity contribution is 7.80. The second-order valence-electron chi connectivity index (χ2n) is 4.24. The van der Waals surface area contributed by atoms with E-state index < -0.39 is 0 Å². The van der Waals surface area contributed by atoms with Crippen molar-refractivity contribution in [2.75, 3.05) is 13.7 Å². The van der Waals surface area contributed by atoms with E-state index in [0.717, 1.165) is 25.1 Å². The molecule has 0 fully saturated rings. The van der Waals surface area contributed by atoms with Crippen LogP contribution in [0.4, 0.5) is 0 Å². The Morgan fingerprint density at radius 3 is 2.82 bits per heavy atom. The van der Waals surface area contributed by atoms with E-state index in [0.29, 0.717) is 23.2 Å². The lowest BCUT2D eigenvalue weighted by atomic mass is 10.1. The summed E-state index contributed by atoms with van der Waals surface area (Å²) < 4.78 is 7.01. The number of ether oxygens (including phenoxy) is 1. The van der Waals surface area contributed by atoms with Crippen LogP contribution in [0.5, 0.6) is 0 Å². The third kappa shape index (κ3) is 3.74. The fourth-order valence-corrected chi connectivity index (χ4v) is 1.95. The van der Waals surface area contributed by atoms with E-state index in [9.17, 15) is 0 Å². The Labute approximate surface area is 107 Å². The fourth-order valence-electron chi connectivity index (χ4n) is 1.79. The molecule has 0 spiro atoms. The van der Waals surface area contributed by atoms with E-state index in [1.807, 2.05) is 4.68 Å². The van der Waals surface area contributed by atoms with Crippen molar-refractivity contribution in [3.05, 3.63) is 11.4 Å². The molecule has 1 aromatic heterocycles. The summed E-state index contributed by atoms with van der Waals surface area (Å²) in [5.41, 5.74) is 7.33. The van der Waals surface area contributed by atoms with Gasteiger partial charge in [-0.15, -0.1) is 5.10 Å². The van der Waals surface area contributed by atoms with Crippen molar-refractivity contribution in [3.8, 4) is 0 Å². The highest BCUT2D eigenvalue weighted by Gasteiger charge is 2.15. The normalized spacial score (nSPS) is 12.6. The molecular weight excluding hydrogens is 236 g/mol. The van der Waals surface area contributed by atoms with Crippen LogP contribution in [0.15, 0.2) is 0 Å². The quantitative estimate of drug-likeness (QED) is 0.741. The molecule has 0 aliphatic heterocycles. The second kappa shape index (κ2) is 6.66. The maximum atomic E-state index is 5.64. The van der Waals surface area contributed by atoms with Gasteiger partial charge in [0.05, 0.1) is 12.3 Å².